The molecule has 0 bridgehead atoms. The SMILES string of the molecule is CC1(C(=O)N2CCC(n3cc(Oc4ccc5c6c(cccc46)C(=O)N5C4CCC(=O)NC4=O)c(Cl)n3)CC2)CCC1. The number of benzene rings is 2. The highest BCUT2D eigenvalue weighted by Gasteiger charge is 2.43. The van der Waals surface area contributed by atoms with Gasteiger partial charge in [0.1, 0.15) is 11.8 Å². The van der Waals surface area contributed by atoms with Crippen molar-refractivity contribution in [3.63, 3.8) is 0 Å². The van der Waals surface area contributed by atoms with E-state index >= 15 is 0 Å². The molecule has 11 heteroatoms. The van der Waals surface area contributed by atoms with Crippen LogP contribution in [0.5, 0.6) is 11.5 Å². The number of hydrogen-bond acceptors (Lipinski definition) is 6. The van der Waals surface area contributed by atoms with Gasteiger partial charge in [-0.05, 0) is 50.3 Å². The number of nitrogens with one attached hydrogen (secondary N) is 1. The first-order valence-corrected chi connectivity index (χ1v) is 14.6. The molecular weight excluding hydrogens is 546 g/mol. The molecule has 10 nitrogen and oxygen atoms in total. The Labute approximate surface area is 241 Å². The zero-order chi connectivity index (χ0) is 28.5. The number of carbonyl (C=O) groups is 4. The van der Waals surface area contributed by atoms with Crippen LogP contribution in [0.2, 0.25) is 5.15 Å². The number of likely N-dealkylation sites (tertiary alicyclic amines) is 1. The van der Waals surface area contributed by atoms with Gasteiger partial charge in [-0.15, -0.1) is 0 Å². The van der Waals surface area contributed by atoms with Crippen molar-refractivity contribution in [3.05, 3.63) is 47.2 Å². The Morgan fingerprint density at radius 2 is 1.85 bits per heavy atom. The Bertz CT molecular complexity index is 1620. The number of halogens is 1. The van der Waals surface area contributed by atoms with Crippen LogP contribution in [-0.2, 0) is 14.4 Å². The lowest BCUT2D eigenvalue weighted by Crippen LogP contribution is -2.53. The number of hydrogen-bond donors (Lipinski definition) is 1. The summed E-state index contributed by atoms with van der Waals surface area (Å²) in [7, 11) is 0. The van der Waals surface area contributed by atoms with Crippen LogP contribution in [-0.4, -0.2) is 57.4 Å². The zero-order valence-electron chi connectivity index (χ0n) is 22.7. The summed E-state index contributed by atoms with van der Waals surface area (Å²) in [6.45, 7) is 3.46. The quantitative estimate of drug-likeness (QED) is 0.445. The molecule has 1 N–H and O–H groups in total. The molecule has 4 aliphatic rings. The minimum atomic E-state index is -0.756. The normalized spacial score (nSPS) is 22.2. The van der Waals surface area contributed by atoms with Gasteiger partial charge in [0.2, 0.25) is 17.7 Å². The summed E-state index contributed by atoms with van der Waals surface area (Å²) < 4.78 is 8.11. The third-order valence-electron chi connectivity index (χ3n) is 9.18. The second-order valence-corrected chi connectivity index (χ2v) is 12.1. The third-order valence-corrected chi connectivity index (χ3v) is 9.45. The molecule has 3 fully saturated rings. The van der Waals surface area contributed by atoms with E-state index in [0.29, 0.717) is 46.6 Å². The molecule has 1 aliphatic carbocycles. The standard InChI is InChI=1S/C30H30ClN5O5/c1-30(12-3-13-30)29(40)34-14-10-17(11-15-34)35-16-23(26(31)33-35)41-22-8-6-20-25-18(22)4-2-5-19(25)28(39)36(20)21-7-9-24(37)32-27(21)38/h2,4-6,8,16-17,21H,3,7,9-15H2,1H3,(H,32,37,38). The highest BCUT2D eigenvalue weighted by molar-refractivity contribution is 6.31. The van der Waals surface area contributed by atoms with Gasteiger partial charge >= 0.3 is 0 Å². The summed E-state index contributed by atoms with van der Waals surface area (Å²) in [4.78, 5) is 54.1. The first kappa shape index (κ1) is 26.0. The fraction of sp³-hybridized carbons (Fsp3) is 0.433. The van der Waals surface area contributed by atoms with Crippen molar-refractivity contribution in [1.29, 1.82) is 0 Å². The second-order valence-electron chi connectivity index (χ2n) is 11.8. The topological polar surface area (TPSA) is 114 Å². The van der Waals surface area contributed by atoms with Crippen LogP contribution >= 0.6 is 11.6 Å². The molecule has 2 saturated heterocycles. The fourth-order valence-corrected chi connectivity index (χ4v) is 6.84. The molecule has 7 rings (SSSR count). The first-order chi connectivity index (χ1) is 19.7. The number of nitrogens with zero attached hydrogens (tertiary/aromatic N) is 4. The van der Waals surface area contributed by atoms with Crippen molar-refractivity contribution < 1.29 is 23.9 Å². The minimum Gasteiger partial charge on any atom is -0.452 e. The van der Waals surface area contributed by atoms with E-state index in [0.717, 1.165) is 32.1 Å². The molecule has 41 heavy (non-hydrogen) atoms. The minimum absolute atomic E-state index is 0.107. The van der Waals surface area contributed by atoms with E-state index in [4.69, 9.17) is 16.3 Å². The van der Waals surface area contributed by atoms with Gasteiger partial charge in [-0.1, -0.05) is 37.1 Å². The highest BCUT2D eigenvalue weighted by atomic mass is 35.5. The van der Waals surface area contributed by atoms with Gasteiger partial charge in [0.15, 0.2) is 10.9 Å². The Kier molecular flexibility index (Phi) is 6.08. The summed E-state index contributed by atoms with van der Waals surface area (Å²) in [5.74, 6) is 0.107. The predicted molar refractivity (Wildman–Crippen MR) is 151 cm³/mol. The number of ether oxygens (including phenoxy) is 1. The van der Waals surface area contributed by atoms with E-state index < -0.39 is 11.9 Å². The third kappa shape index (κ3) is 4.18. The van der Waals surface area contributed by atoms with E-state index in [1.165, 1.54) is 4.90 Å². The lowest BCUT2D eigenvalue weighted by molar-refractivity contribution is -0.147. The van der Waals surface area contributed by atoms with Gasteiger partial charge in [-0.25, -0.2) is 0 Å². The largest absolute Gasteiger partial charge is 0.452 e. The van der Waals surface area contributed by atoms with Crippen LogP contribution in [0, 0.1) is 5.41 Å². The molecule has 0 spiro atoms. The van der Waals surface area contributed by atoms with Crippen LogP contribution in [0.1, 0.15) is 68.3 Å². The molecule has 1 unspecified atom stereocenters. The fourth-order valence-electron chi connectivity index (χ4n) is 6.67. The molecular formula is C30H30ClN5O5. The van der Waals surface area contributed by atoms with E-state index in [1.54, 1.807) is 30.5 Å². The van der Waals surface area contributed by atoms with Gasteiger partial charge in [0, 0.05) is 41.3 Å². The maximum absolute atomic E-state index is 13.4. The molecule has 212 valence electrons. The Morgan fingerprint density at radius 3 is 2.56 bits per heavy atom. The van der Waals surface area contributed by atoms with Crippen molar-refractivity contribution in [1.82, 2.24) is 20.0 Å². The zero-order valence-corrected chi connectivity index (χ0v) is 23.4. The van der Waals surface area contributed by atoms with E-state index in [1.807, 2.05) is 15.6 Å². The molecule has 1 saturated carbocycles. The van der Waals surface area contributed by atoms with Crippen molar-refractivity contribution in [2.24, 2.45) is 5.41 Å². The molecule has 3 aliphatic heterocycles. The number of piperidine rings is 2. The lowest BCUT2D eigenvalue weighted by Gasteiger charge is -2.43. The highest BCUT2D eigenvalue weighted by Crippen LogP contribution is 2.45. The monoisotopic (exact) mass is 575 g/mol. The summed E-state index contributed by atoms with van der Waals surface area (Å²) in [5.41, 5.74) is 0.902. The van der Waals surface area contributed by atoms with Gasteiger partial charge in [0.05, 0.1) is 17.9 Å². The average Bonchev–Trinajstić information content (AvgIpc) is 3.46. The summed E-state index contributed by atoms with van der Waals surface area (Å²) in [5, 5.41) is 8.51. The van der Waals surface area contributed by atoms with Gasteiger partial charge in [-0.2, -0.15) is 5.10 Å². The Balaban J connectivity index is 1.11. The second kappa shape index (κ2) is 9.58. The molecule has 4 amide bonds. The molecule has 1 aromatic heterocycles. The number of carbonyl (C=O) groups excluding carboxylic acids is 4. The number of imide groups is 1. The van der Waals surface area contributed by atoms with Gasteiger partial charge < -0.3 is 9.64 Å². The molecule has 1 atom stereocenters. The van der Waals surface area contributed by atoms with Crippen molar-refractivity contribution in [3.8, 4) is 11.5 Å². The predicted octanol–water partition coefficient (Wildman–Crippen LogP) is 4.60. The molecule has 4 heterocycles. The Hall–Kier alpha value is -3.92. The summed E-state index contributed by atoms with van der Waals surface area (Å²) >= 11 is 6.53. The summed E-state index contributed by atoms with van der Waals surface area (Å²) in [6, 6.07) is 8.26. The van der Waals surface area contributed by atoms with Crippen LogP contribution in [0.15, 0.2) is 36.5 Å². The number of amides is 4. The van der Waals surface area contributed by atoms with Crippen molar-refractivity contribution >= 4 is 51.7 Å². The van der Waals surface area contributed by atoms with Crippen LogP contribution in [0.4, 0.5) is 5.69 Å². The van der Waals surface area contributed by atoms with E-state index in [-0.39, 0.29) is 47.2 Å². The van der Waals surface area contributed by atoms with Crippen molar-refractivity contribution in [2.45, 2.75) is 64.0 Å². The number of rotatable bonds is 5. The first-order valence-electron chi connectivity index (χ1n) is 14.2. The lowest BCUT2D eigenvalue weighted by atomic mass is 9.69. The van der Waals surface area contributed by atoms with E-state index in [2.05, 4.69) is 17.3 Å². The smallest absolute Gasteiger partial charge is 0.259 e. The van der Waals surface area contributed by atoms with E-state index in [9.17, 15) is 19.2 Å². The number of anilines is 1. The maximum atomic E-state index is 13.4. The molecule has 0 radical (unpaired) electrons. The Morgan fingerprint density at radius 1 is 1.07 bits per heavy atom. The molecule has 3 aromatic rings. The maximum Gasteiger partial charge on any atom is 0.259 e. The van der Waals surface area contributed by atoms with Crippen LogP contribution in [0.3, 0.4) is 0 Å². The summed E-state index contributed by atoms with van der Waals surface area (Å²) in [6.07, 6.45) is 6.90. The van der Waals surface area contributed by atoms with Crippen LogP contribution in [0.25, 0.3) is 10.8 Å². The van der Waals surface area contributed by atoms with Crippen LogP contribution < -0.4 is 15.0 Å². The van der Waals surface area contributed by atoms with Gasteiger partial charge in [-0.3, -0.25) is 34.1 Å². The average molecular weight is 576 g/mol. The molecule has 2 aromatic carbocycles. The van der Waals surface area contributed by atoms with Crippen molar-refractivity contribution in [2.75, 3.05) is 18.0 Å². The number of aromatic nitrogens is 2. The van der Waals surface area contributed by atoms with Gasteiger partial charge in [0.25, 0.3) is 5.91 Å².